The van der Waals surface area contributed by atoms with Gasteiger partial charge in [-0.15, -0.1) is 0 Å². The quantitative estimate of drug-likeness (QED) is 0.829. The second kappa shape index (κ2) is 5.50. The highest BCUT2D eigenvalue weighted by Crippen LogP contribution is 2.42. The van der Waals surface area contributed by atoms with Crippen molar-refractivity contribution in [3.05, 3.63) is 0 Å². The molecular formula is C16H34N2. The predicted molar refractivity (Wildman–Crippen MR) is 80.9 cm³/mol. The normalized spacial score (nSPS) is 31.0. The molecule has 108 valence electrons. The highest BCUT2D eigenvalue weighted by atomic mass is 15.3. The summed E-state index contributed by atoms with van der Waals surface area (Å²) in [5.74, 6) is 0.786. The summed E-state index contributed by atoms with van der Waals surface area (Å²) in [6, 6.07) is 1.37. The third-order valence-corrected chi connectivity index (χ3v) is 4.41. The lowest BCUT2D eigenvalue weighted by molar-refractivity contribution is 0.0277. The van der Waals surface area contributed by atoms with Crippen LogP contribution < -0.4 is 5.32 Å². The number of likely N-dealkylation sites (tertiary alicyclic amines) is 1. The van der Waals surface area contributed by atoms with Crippen LogP contribution in [0.5, 0.6) is 0 Å². The van der Waals surface area contributed by atoms with Gasteiger partial charge >= 0.3 is 0 Å². The Labute approximate surface area is 115 Å². The Morgan fingerprint density at radius 2 is 1.67 bits per heavy atom. The van der Waals surface area contributed by atoms with E-state index in [1.54, 1.807) is 0 Å². The molecule has 2 heteroatoms. The van der Waals surface area contributed by atoms with Crippen LogP contribution in [0.4, 0.5) is 0 Å². The highest BCUT2D eigenvalue weighted by Gasteiger charge is 2.47. The van der Waals surface area contributed by atoms with Gasteiger partial charge in [-0.2, -0.15) is 0 Å². The summed E-state index contributed by atoms with van der Waals surface area (Å²) in [6.45, 7) is 21.1. The number of nitrogens with zero attached hydrogens (tertiary/aromatic N) is 1. The molecule has 1 aliphatic heterocycles. The molecule has 0 spiro atoms. The van der Waals surface area contributed by atoms with Gasteiger partial charge in [0.2, 0.25) is 0 Å². The Balaban J connectivity index is 2.90. The van der Waals surface area contributed by atoms with Crippen LogP contribution in [-0.2, 0) is 0 Å². The molecule has 1 fully saturated rings. The van der Waals surface area contributed by atoms with E-state index in [1.807, 2.05) is 0 Å². The SMILES string of the molecule is CCNC[C@H]1C[C@@H](C(C)(C)C)N(C(C)(C)C)[C@@H]1C. The first-order valence-electron chi connectivity index (χ1n) is 7.58. The summed E-state index contributed by atoms with van der Waals surface area (Å²) >= 11 is 0. The molecule has 1 heterocycles. The maximum Gasteiger partial charge on any atom is 0.0156 e. The molecule has 0 aliphatic carbocycles. The fraction of sp³-hybridized carbons (Fsp3) is 1.00. The zero-order valence-corrected chi connectivity index (χ0v) is 13.8. The summed E-state index contributed by atoms with van der Waals surface area (Å²) < 4.78 is 0. The minimum absolute atomic E-state index is 0.262. The Hall–Kier alpha value is -0.0800. The molecule has 0 aromatic rings. The fourth-order valence-corrected chi connectivity index (χ4v) is 3.54. The topological polar surface area (TPSA) is 15.3 Å². The lowest BCUT2D eigenvalue weighted by Crippen LogP contribution is -2.53. The number of hydrogen-bond donors (Lipinski definition) is 1. The average Bonchev–Trinajstić information content (AvgIpc) is 2.51. The molecular weight excluding hydrogens is 220 g/mol. The van der Waals surface area contributed by atoms with Gasteiger partial charge in [0, 0.05) is 17.6 Å². The van der Waals surface area contributed by atoms with E-state index in [0.29, 0.717) is 17.5 Å². The Morgan fingerprint density at radius 3 is 2.00 bits per heavy atom. The van der Waals surface area contributed by atoms with Crippen molar-refractivity contribution < 1.29 is 0 Å². The molecule has 1 saturated heterocycles. The van der Waals surface area contributed by atoms with Crippen LogP contribution in [0.15, 0.2) is 0 Å². The smallest absolute Gasteiger partial charge is 0.0156 e. The van der Waals surface area contributed by atoms with E-state index in [2.05, 4.69) is 65.6 Å². The van der Waals surface area contributed by atoms with E-state index in [9.17, 15) is 0 Å². The summed E-state index contributed by atoms with van der Waals surface area (Å²) in [4.78, 5) is 2.76. The molecule has 0 aromatic carbocycles. The Morgan fingerprint density at radius 1 is 1.11 bits per heavy atom. The van der Waals surface area contributed by atoms with E-state index in [0.717, 1.165) is 19.0 Å². The first-order valence-corrected chi connectivity index (χ1v) is 7.58. The number of hydrogen-bond acceptors (Lipinski definition) is 2. The van der Waals surface area contributed by atoms with Crippen molar-refractivity contribution in [3.8, 4) is 0 Å². The van der Waals surface area contributed by atoms with Crippen molar-refractivity contribution in [3.63, 3.8) is 0 Å². The first-order chi connectivity index (χ1) is 8.09. The van der Waals surface area contributed by atoms with Crippen molar-refractivity contribution >= 4 is 0 Å². The van der Waals surface area contributed by atoms with Crippen molar-refractivity contribution in [2.45, 2.75) is 79.4 Å². The maximum absolute atomic E-state index is 3.54. The van der Waals surface area contributed by atoms with Gasteiger partial charge in [0.25, 0.3) is 0 Å². The average molecular weight is 254 g/mol. The minimum atomic E-state index is 0.262. The van der Waals surface area contributed by atoms with Crippen molar-refractivity contribution in [1.82, 2.24) is 10.2 Å². The standard InChI is InChI=1S/C16H34N2/c1-9-17-11-13-10-14(15(3,4)5)18(12(13)2)16(6,7)8/h12-14,17H,9-11H2,1-8H3/t12-,13-,14+/m1/s1. The molecule has 1 aliphatic rings. The molecule has 1 N–H and O–H groups in total. The van der Waals surface area contributed by atoms with Gasteiger partial charge in [-0.05, 0) is 58.5 Å². The minimum Gasteiger partial charge on any atom is -0.317 e. The predicted octanol–water partition coefficient (Wildman–Crippen LogP) is 3.52. The van der Waals surface area contributed by atoms with Crippen molar-refractivity contribution in [2.75, 3.05) is 13.1 Å². The van der Waals surface area contributed by atoms with Crippen LogP contribution in [0, 0.1) is 11.3 Å². The van der Waals surface area contributed by atoms with E-state index in [-0.39, 0.29) is 5.54 Å². The molecule has 0 radical (unpaired) electrons. The molecule has 0 bridgehead atoms. The van der Waals surface area contributed by atoms with Crippen LogP contribution in [0.1, 0.15) is 61.8 Å². The van der Waals surface area contributed by atoms with Gasteiger partial charge in [-0.1, -0.05) is 27.7 Å². The molecule has 0 unspecified atom stereocenters. The van der Waals surface area contributed by atoms with E-state index in [1.165, 1.54) is 6.42 Å². The van der Waals surface area contributed by atoms with Crippen molar-refractivity contribution in [2.24, 2.45) is 11.3 Å². The first kappa shape index (κ1) is 16.0. The molecule has 0 amide bonds. The Bertz CT molecular complexity index is 259. The Kier molecular flexibility index (Phi) is 4.88. The zero-order valence-electron chi connectivity index (χ0n) is 13.8. The van der Waals surface area contributed by atoms with Crippen LogP contribution in [0.25, 0.3) is 0 Å². The van der Waals surface area contributed by atoms with Gasteiger partial charge in [-0.3, -0.25) is 4.90 Å². The highest BCUT2D eigenvalue weighted by molar-refractivity contribution is 5.01. The summed E-state index contributed by atoms with van der Waals surface area (Å²) in [5.41, 5.74) is 0.626. The number of rotatable bonds is 3. The van der Waals surface area contributed by atoms with Crippen molar-refractivity contribution in [1.29, 1.82) is 0 Å². The molecule has 0 saturated carbocycles. The lowest BCUT2D eigenvalue weighted by Gasteiger charge is -2.45. The molecule has 1 rings (SSSR count). The van der Waals surface area contributed by atoms with Gasteiger partial charge < -0.3 is 5.32 Å². The maximum atomic E-state index is 3.54. The molecule has 2 nitrogen and oxygen atoms in total. The third kappa shape index (κ3) is 3.48. The molecule has 3 atom stereocenters. The van der Waals surface area contributed by atoms with Crippen LogP contribution in [-0.4, -0.2) is 35.6 Å². The van der Waals surface area contributed by atoms with Gasteiger partial charge in [0.05, 0.1) is 0 Å². The second-order valence-corrected chi connectivity index (χ2v) is 8.00. The molecule has 18 heavy (non-hydrogen) atoms. The number of nitrogens with one attached hydrogen (secondary N) is 1. The van der Waals surface area contributed by atoms with E-state index in [4.69, 9.17) is 0 Å². The lowest BCUT2D eigenvalue weighted by atomic mass is 9.82. The summed E-state index contributed by atoms with van der Waals surface area (Å²) in [7, 11) is 0. The summed E-state index contributed by atoms with van der Waals surface area (Å²) in [5, 5.41) is 3.54. The largest absolute Gasteiger partial charge is 0.317 e. The van der Waals surface area contributed by atoms with E-state index >= 15 is 0 Å². The van der Waals surface area contributed by atoms with Crippen LogP contribution in [0.2, 0.25) is 0 Å². The zero-order chi connectivity index (χ0) is 14.1. The molecule has 0 aromatic heterocycles. The van der Waals surface area contributed by atoms with E-state index < -0.39 is 0 Å². The van der Waals surface area contributed by atoms with Crippen LogP contribution in [0.3, 0.4) is 0 Å². The third-order valence-electron chi connectivity index (χ3n) is 4.41. The monoisotopic (exact) mass is 254 g/mol. The van der Waals surface area contributed by atoms with Gasteiger partial charge in [-0.25, -0.2) is 0 Å². The second-order valence-electron chi connectivity index (χ2n) is 8.00. The van der Waals surface area contributed by atoms with Gasteiger partial charge in [0.1, 0.15) is 0 Å². The van der Waals surface area contributed by atoms with Gasteiger partial charge in [0.15, 0.2) is 0 Å². The fourth-order valence-electron chi connectivity index (χ4n) is 3.54. The summed E-state index contributed by atoms with van der Waals surface area (Å²) in [6.07, 6.45) is 1.33. The van der Waals surface area contributed by atoms with Crippen LogP contribution >= 0.6 is 0 Å².